The van der Waals surface area contributed by atoms with Gasteiger partial charge < -0.3 is 9.30 Å². The summed E-state index contributed by atoms with van der Waals surface area (Å²) in [5.41, 5.74) is 4.14. The molecule has 4 rings (SSSR count). The van der Waals surface area contributed by atoms with Crippen LogP contribution in [0.5, 0.6) is 5.75 Å². The van der Waals surface area contributed by atoms with Gasteiger partial charge in [-0.05, 0) is 54.0 Å². The molecule has 7 nitrogen and oxygen atoms in total. The Bertz CT molecular complexity index is 1050. The number of nitrogens with zero attached hydrogens (tertiary/aromatic N) is 5. The summed E-state index contributed by atoms with van der Waals surface area (Å²) < 4.78 is 7.73. The van der Waals surface area contributed by atoms with E-state index in [1.807, 2.05) is 24.3 Å². The number of ether oxygens (including phenoxy) is 1. The van der Waals surface area contributed by atoms with Gasteiger partial charge in [0, 0.05) is 16.6 Å². The van der Waals surface area contributed by atoms with Gasteiger partial charge >= 0.3 is 0 Å². The molecule has 0 spiro atoms. The van der Waals surface area contributed by atoms with Crippen LogP contribution in [0.1, 0.15) is 37.6 Å². The van der Waals surface area contributed by atoms with Gasteiger partial charge in [0.15, 0.2) is 0 Å². The Balaban J connectivity index is 1.77. The number of aromatic nitrogens is 6. The van der Waals surface area contributed by atoms with E-state index in [4.69, 9.17) is 9.72 Å². The summed E-state index contributed by atoms with van der Waals surface area (Å²) in [6.07, 6.45) is 1.07. The molecule has 0 aliphatic rings. The molecule has 0 bridgehead atoms. The molecule has 7 heteroatoms. The average molecular weight is 362 g/mol. The molecule has 0 fully saturated rings. The van der Waals surface area contributed by atoms with Gasteiger partial charge in [-0.3, -0.25) is 0 Å². The third-order valence-electron chi connectivity index (χ3n) is 4.96. The van der Waals surface area contributed by atoms with Crippen molar-refractivity contribution in [1.29, 1.82) is 0 Å². The lowest BCUT2D eigenvalue weighted by atomic mass is 10.0. The van der Waals surface area contributed by atoms with Gasteiger partial charge in [-0.25, -0.2) is 4.98 Å². The SMILES string of the molecule is CCC(C)c1cc2cc(OC)ccc2n1Cc1cccc(-c2nn[nH]n2)n1. The van der Waals surface area contributed by atoms with Crippen molar-refractivity contribution >= 4 is 10.9 Å². The summed E-state index contributed by atoms with van der Waals surface area (Å²) in [6.45, 7) is 5.15. The second kappa shape index (κ2) is 7.19. The molecule has 0 aliphatic carbocycles. The van der Waals surface area contributed by atoms with Crippen LogP contribution in [0, 0.1) is 0 Å². The lowest BCUT2D eigenvalue weighted by Crippen LogP contribution is -2.08. The second-order valence-electron chi connectivity index (χ2n) is 6.64. The summed E-state index contributed by atoms with van der Waals surface area (Å²) in [6, 6.07) is 14.4. The number of hydrogen-bond acceptors (Lipinski definition) is 5. The fourth-order valence-electron chi connectivity index (χ4n) is 3.32. The van der Waals surface area contributed by atoms with Crippen molar-refractivity contribution in [2.75, 3.05) is 7.11 Å². The van der Waals surface area contributed by atoms with Gasteiger partial charge in [-0.2, -0.15) is 5.21 Å². The van der Waals surface area contributed by atoms with Crippen LogP contribution in [0.3, 0.4) is 0 Å². The largest absolute Gasteiger partial charge is 0.497 e. The molecule has 1 N–H and O–H groups in total. The predicted molar refractivity (Wildman–Crippen MR) is 104 cm³/mol. The first-order valence-corrected chi connectivity index (χ1v) is 9.06. The molecular formula is C20H22N6O. The zero-order valence-corrected chi connectivity index (χ0v) is 15.7. The lowest BCUT2D eigenvalue weighted by Gasteiger charge is -2.15. The minimum absolute atomic E-state index is 0.448. The van der Waals surface area contributed by atoms with Crippen molar-refractivity contribution in [3.63, 3.8) is 0 Å². The first-order chi connectivity index (χ1) is 13.2. The van der Waals surface area contributed by atoms with Crippen LogP contribution in [0.4, 0.5) is 0 Å². The van der Waals surface area contributed by atoms with E-state index in [9.17, 15) is 0 Å². The van der Waals surface area contributed by atoms with Crippen LogP contribution >= 0.6 is 0 Å². The number of pyridine rings is 1. The minimum Gasteiger partial charge on any atom is -0.497 e. The van der Waals surface area contributed by atoms with E-state index in [1.165, 1.54) is 16.6 Å². The molecule has 1 aromatic carbocycles. The molecule has 3 heterocycles. The smallest absolute Gasteiger partial charge is 0.222 e. The van der Waals surface area contributed by atoms with Crippen molar-refractivity contribution in [1.82, 2.24) is 30.2 Å². The topological polar surface area (TPSA) is 81.5 Å². The van der Waals surface area contributed by atoms with Crippen LogP contribution in [0.25, 0.3) is 22.4 Å². The molecule has 27 heavy (non-hydrogen) atoms. The quantitative estimate of drug-likeness (QED) is 0.564. The number of hydrogen-bond donors (Lipinski definition) is 1. The van der Waals surface area contributed by atoms with Crippen LogP contribution in [0.15, 0.2) is 42.5 Å². The Morgan fingerprint density at radius 3 is 2.81 bits per heavy atom. The van der Waals surface area contributed by atoms with Crippen molar-refractivity contribution in [3.05, 3.63) is 53.9 Å². The maximum absolute atomic E-state index is 5.39. The first-order valence-electron chi connectivity index (χ1n) is 9.06. The molecule has 0 radical (unpaired) electrons. The molecule has 138 valence electrons. The molecule has 0 amide bonds. The highest BCUT2D eigenvalue weighted by atomic mass is 16.5. The summed E-state index contributed by atoms with van der Waals surface area (Å²) >= 11 is 0. The monoisotopic (exact) mass is 362 g/mol. The van der Waals surface area contributed by atoms with Gasteiger partial charge in [-0.1, -0.05) is 19.9 Å². The van der Waals surface area contributed by atoms with Crippen molar-refractivity contribution in [3.8, 4) is 17.3 Å². The summed E-state index contributed by atoms with van der Waals surface area (Å²) in [7, 11) is 1.70. The first kappa shape index (κ1) is 17.2. The Morgan fingerprint density at radius 2 is 2.07 bits per heavy atom. The fourth-order valence-corrected chi connectivity index (χ4v) is 3.32. The summed E-state index contributed by atoms with van der Waals surface area (Å²) in [5, 5.41) is 15.3. The van der Waals surface area contributed by atoms with E-state index < -0.39 is 0 Å². The van der Waals surface area contributed by atoms with Gasteiger partial charge in [0.05, 0.1) is 19.3 Å². The normalized spacial score (nSPS) is 12.4. The number of fused-ring (bicyclic) bond motifs is 1. The molecule has 1 unspecified atom stereocenters. The second-order valence-corrected chi connectivity index (χ2v) is 6.64. The van der Waals surface area contributed by atoms with Crippen molar-refractivity contribution in [2.24, 2.45) is 0 Å². The fraction of sp³-hybridized carbons (Fsp3) is 0.300. The van der Waals surface area contributed by atoms with Crippen LogP contribution in [0.2, 0.25) is 0 Å². The molecule has 3 aromatic heterocycles. The van der Waals surface area contributed by atoms with Gasteiger partial charge in [-0.15, -0.1) is 10.2 Å². The number of H-pyrrole nitrogens is 1. The minimum atomic E-state index is 0.448. The average Bonchev–Trinajstić information content (AvgIpc) is 3.36. The molecule has 0 aliphatic heterocycles. The molecule has 4 aromatic rings. The zero-order chi connectivity index (χ0) is 18.8. The van der Waals surface area contributed by atoms with E-state index in [2.05, 4.69) is 57.2 Å². The highest BCUT2D eigenvalue weighted by molar-refractivity contribution is 5.83. The van der Waals surface area contributed by atoms with Gasteiger partial charge in [0.2, 0.25) is 5.82 Å². The van der Waals surface area contributed by atoms with Crippen LogP contribution in [-0.4, -0.2) is 37.3 Å². The predicted octanol–water partition coefficient (Wildman–Crippen LogP) is 3.79. The third kappa shape index (κ3) is 3.28. The van der Waals surface area contributed by atoms with E-state index in [0.717, 1.165) is 17.9 Å². The van der Waals surface area contributed by atoms with E-state index in [-0.39, 0.29) is 0 Å². The van der Waals surface area contributed by atoms with E-state index in [0.29, 0.717) is 24.0 Å². The van der Waals surface area contributed by atoms with Crippen LogP contribution < -0.4 is 4.74 Å². The Morgan fingerprint density at radius 1 is 1.19 bits per heavy atom. The standard InChI is InChI=1S/C20H22N6O/c1-4-13(2)19-11-14-10-16(27-3)8-9-18(14)26(19)12-15-6-5-7-17(21-15)20-22-24-25-23-20/h5-11,13H,4,12H2,1-3H3,(H,22,23,24,25). The zero-order valence-electron chi connectivity index (χ0n) is 15.7. The van der Waals surface area contributed by atoms with E-state index >= 15 is 0 Å². The number of benzene rings is 1. The Kier molecular flexibility index (Phi) is 4.58. The molecule has 0 saturated heterocycles. The number of nitrogens with one attached hydrogen (secondary N) is 1. The summed E-state index contributed by atoms with van der Waals surface area (Å²) in [4.78, 5) is 4.73. The Hall–Kier alpha value is -3.22. The van der Waals surface area contributed by atoms with Crippen molar-refractivity contribution < 1.29 is 4.74 Å². The van der Waals surface area contributed by atoms with Crippen LogP contribution in [-0.2, 0) is 6.54 Å². The van der Waals surface area contributed by atoms with Gasteiger partial charge in [0.25, 0.3) is 0 Å². The van der Waals surface area contributed by atoms with Crippen molar-refractivity contribution in [2.45, 2.75) is 32.7 Å². The van der Waals surface area contributed by atoms with E-state index in [1.54, 1.807) is 7.11 Å². The molecule has 1 atom stereocenters. The maximum Gasteiger partial charge on any atom is 0.222 e. The molecule has 0 saturated carbocycles. The number of tetrazole rings is 1. The highest BCUT2D eigenvalue weighted by Crippen LogP contribution is 2.30. The molecular weight excluding hydrogens is 340 g/mol. The number of aromatic amines is 1. The number of rotatable bonds is 6. The summed E-state index contributed by atoms with van der Waals surface area (Å²) in [5.74, 6) is 1.82. The Labute approximate surface area is 157 Å². The third-order valence-corrected chi connectivity index (χ3v) is 4.96. The maximum atomic E-state index is 5.39. The highest BCUT2D eigenvalue weighted by Gasteiger charge is 2.15. The number of methoxy groups -OCH3 is 1. The van der Waals surface area contributed by atoms with Gasteiger partial charge in [0.1, 0.15) is 11.4 Å². The lowest BCUT2D eigenvalue weighted by molar-refractivity contribution is 0.415.